The molecule has 0 aliphatic carbocycles. The number of carboxylic acid groups (broad SMARTS) is 2. The smallest absolute Gasteiger partial charge is 0.475 e. The lowest BCUT2D eigenvalue weighted by molar-refractivity contribution is -0.193. The summed E-state index contributed by atoms with van der Waals surface area (Å²) in [5, 5.41) is 14.2. The second-order valence-electron chi connectivity index (χ2n) is 12.3. The number of nitrogens with two attached hydrogens (primary N) is 4. The minimum atomic E-state index is -5.08. The van der Waals surface area contributed by atoms with Crippen LogP contribution in [-0.4, -0.2) is 99.9 Å². The Hall–Kier alpha value is -5.98. The number of halogens is 12. The number of carbonyl (C=O) groups is 4. The first kappa shape index (κ1) is 51.0. The molecule has 3 amide bonds. The molecular weight excluding hydrogens is 832 g/mol. The van der Waals surface area contributed by atoms with Crippen molar-refractivity contribution in [3.05, 3.63) is 70.8 Å². The van der Waals surface area contributed by atoms with Crippen LogP contribution < -0.4 is 22.9 Å². The fourth-order valence-electron chi connectivity index (χ4n) is 5.17. The van der Waals surface area contributed by atoms with E-state index in [0.29, 0.717) is 36.8 Å². The average Bonchev–Trinajstić information content (AvgIpc) is 3.27. The van der Waals surface area contributed by atoms with E-state index >= 15 is 0 Å². The van der Waals surface area contributed by atoms with Crippen molar-refractivity contribution < 1.29 is 82.1 Å². The molecule has 0 radical (unpaired) electrons. The molecule has 0 spiro atoms. The molecule has 1 heterocycles. The first-order valence-electron chi connectivity index (χ1n) is 16.6. The number of guanidine groups is 2. The molecule has 1 aliphatic rings. The van der Waals surface area contributed by atoms with Crippen LogP contribution >= 0.6 is 0 Å². The highest BCUT2D eigenvalue weighted by Crippen LogP contribution is 2.38. The van der Waals surface area contributed by atoms with Gasteiger partial charge in [0, 0.05) is 39.0 Å². The Labute approximate surface area is 326 Å². The normalized spacial score (nSPS) is 14.1. The third-order valence-electron chi connectivity index (χ3n) is 7.83. The van der Waals surface area contributed by atoms with Crippen LogP contribution in [0.2, 0.25) is 0 Å². The Morgan fingerprint density at radius 2 is 0.898 bits per heavy atom. The van der Waals surface area contributed by atoms with Crippen molar-refractivity contribution in [2.24, 2.45) is 32.9 Å². The SMILES string of the molecule is NC(N)=NCCCCN1C(=O)N(CCCCN=C(N)N)C(Cc2ccc(C(F)(F)F)cc2)(Cc2ccc(C(F)(F)F)cc2)C1=O.O=C(O)C(F)(F)F.O=C(O)C(F)(F)F. The van der Waals surface area contributed by atoms with E-state index in [1.54, 1.807) is 0 Å². The summed E-state index contributed by atoms with van der Waals surface area (Å²) in [5.74, 6) is -6.35. The molecule has 1 fully saturated rings. The van der Waals surface area contributed by atoms with Gasteiger partial charge in [0.1, 0.15) is 5.54 Å². The predicted molar refractivity (Wildman–Crippen MR) is 184 cm³/mol. The zero-order chi connectivity index (χ0) is 45.6. The van der Waals surface area contributed by atoms with E-state index in [1.807, 2.05) is 0 Å². The Bertz CT molecular complexity index is 1690. The van der Waals surface area contributed by atoms with E-state index in [2.05, 4.69) is 9.98 Å². The van der Waals surface area contributed by atoms with Gasteiger partial charge in [-0.05, 0) is 61.1 Å². The van der Waals surface area contributed by atoms with Crippen LogP contribution in [0.15, 0.2) is 58.5 Å². The van der Waals surface area contributed by atoms with E-state index in [4.69, 9.17) is 42.7 Å². The summed E-state index contributed by atoms with van der Waals surface area (Å²) in [6.07, 6.45) is -18.1. The van der Waals surface area contributed by atoms with Crippen molar-refractivity contribution in [2.75, 3.05) is 26.2 Å². The summed E-state index contributed by atoms with van der Waals surface area (Å²) < 4.78 is 143. The van der Waals surface area contributed by atoms with E-state index < -0.39 is 65.2 Å². The Morgan fingerprint density at radius 1 is 0.576 bits per heavy atom. The van der Waals surface area contributed by atoms with Gasteiger partial charge >= 0.3 is 42.7 Å². The monoisotopic (exact) mass is 870 g/mol. The molecule has 2 aromatic carbocycles. The van der Waals surface area contributed by atoms with Crippen molar-refractivity contribution >= 4 is 35.8 Å². The van der Waals surface area contributed by atoms with Gasteiger partial charge in [-0.3, -0.25) is 19.7 Å². The number of aliphatic carboxylic acids is 2. The number of hydrogen-bond donors (Lipinski definition) is 6. The maximum absolute atomic E-state index is 14.2. The standard InChI is InChI=1S/C29H36F6N8O2.2C2HF3O2/c30-28(31,32)21-9-5-19(6-10-21)17-27(18-20-7-11-22(12-8-20)29(33,34)35)23(44)42(15-3-1-13-40-24(36)37)26(45)43(27)16-4-2-14-41-25(38)39;2*3-2(4,5)1(6)7/h5-12H,1-4,13-18H2,(H4,36,37,40)(H4,38,39,41);2*(H,6,7). The van der Waals surface area contributed by atoms with Gasteiger partial charge in [0.05, 0.1) is 11.1 Å². The molecule has 1 aliphatic heterocycles. The quantitative estimate of drug-likeness (QED) is 0.0494. The number of carbonyl (C=O) groups excluding carboxylic acids is 2. The Kier molecular flexibility index (Phi) is 18.3. The first-order valence-corrected chi connectivity index (χ1v) is 16.6. The number of urea groups is 1. The van der Waals surface area contributed by atoms with Crippen LogP contribution in [0, 0.1) is 0 Å². The van der Waals surface area contributed by atoms with Crippen LogP contribution in [0.4, 0.5) is 57.5 Å². The largest absolute Gasteiger partial charge is 0.490 e. The van der Waals surface area contributed by atoms with Crippen LogP contribution in [0.3, 0.4) is 0 Å². The number of hydrogen-bond acceptors (Lipinski definition) is 6. The number of benzene rings is 2. The zero-order valence-corrected chi connectivity index (χ0v) is 30.4. The van der Waals surface area contributed by atoms with Gasteiger partial charge in [0.25, 0.3) is 5.91 Å². The molecule has 0 aromatic heterocycles. The van der Waals surface area contributed by atoms with Crippen molar-refractivity contribution in [2.45, 2.75) is 68.8 Å². The van der Waals surface area contributed by atoms with Crippen molar-refractivity contribution in [3.63, 3.8) is 0 Å². The number of unbranched alkanes of at least 4 members (excludes halogenated alkanes) is 2. The summed E-state index contributed by atoms with van der Waals surface area (Å²) in [6.45, 7) is 0.563. The maximum atomic E-state index is 14.2. The molecule has 0 atom stereocenters. The number of aliphatic imine (C=N–C) groups is 2. The Morgan fingerprint density at radius 3 is 1.19 bits per heavy atom. The molecule has 14 nitrogen and oxygen atoms in total. The third kappa shape index (κ3) is 16.8. The predicted octanol–water partition coefficient (Wildman–Crippen LogP) is 4.89. The summed E-state index contributed by atoms with van der Waals surface area (Å²) in [5.41, 5.74) is 18.7. The number of amides is 3. The lowest BCUT2D eigenvalue weighted by Crippen LogP contribution is -2.53. The van der Waals surface area contributed by atoms with Gasteiger partial charge in [0.2, 0.25) is 0 Å². The molecule has 0 unspecified atom stereocenters. The van der Waals surface area contributed by atoms with E-state index in [1.165, 1.54) is 29.2 Å². The second kappa shape index (κ2) is 21.1. The van der Waals surface area contributed by atoms with Crippen molar-refractivity contribution in [1.82, 2.24) is 9.80 Å². The lowest BCUT2D eigenvalue weighted by atomic mass is 9.82. The van der Waals surface area contributed by atoms with Gasteiger partial charge in [-0.1, -0.05) is 24.3 Å². The molecule has 59 heavy (non-hydrogen) atoms. The van der Waals surface area contributed by atoms with Gasteiger partial charge < -0.3 is 38.0 Å². The van der Waals surface area contributed by atoms with Crippen LogP contribution in [0.25, 0.3) is 0 Å². The number of alkyl halides is 12. The minimum absolute atomic E-state index is 0.00391. The molecule has 0 saturated carbocycles. The number of nitrogens with zero attached hydrogens (tertiary/aromatic N) is 4. The second-order valence-corrected chi connectivity index (χ2v) is 12.3. The first-order chi connectivity index (χ1) is 26.9. The Balaban J connectivity index is 0.00000106. The van der Waals surface area contributed by atoms with E-state index in [-0.39, 0.29) is 50.9 Å². The molecular formula is C33H38F12N8O6. The number of imide groups is 1. The fourth-order valence-corrected chi connectivity index (χ4v) is 5.17. The van der Waals surface area contributed by atoms with E-state index in [0.717, 1.165) is 29.2 Å². The average molecular weight is 871 g/mol. The van der Waals surface area contributed by atoms with E-state index in [9.17, 15) is 62.3 Å². The van der Waals surface area contributed by atoms with Gasteiger partial charge in [-0.25, -0.2) is 14.4 Å². The maximum Gasteiger partial charge on any atom is 0.490 e. The van der Waals surface area contributed by atoms with Gasteiger partial charge in [-0.15, -0.1) is 0 Å². The zero-order valence-electron chi connectivity index (χ0n) is 30.4. The summed E-state index contributed by atoms with van der Waals surface area (Å²) >= 11 is 0. The van der Waals surface area contributed by atoms with Gasteiger partial charge in [0.15, 0.2) is 11.9 Å². The third-order valence-corrected chi connectivity index (χ3v) is 7.83. The molecule has 330 valence electrons. The highest BCUT2D eigenvalue weighted by Gasteiger charge is 2.56. The summed E-state index contributed by atoms with van der Waals surface area (Å²) in [4.78, 5) is 56.1. The van der Waals surface area contributed by atoms with Crippen molar-refractivity contribution in [1.29, 1.82) is 0 Å². The molecule has 10 N–H and O–H groups in total. The molecule has 3 rings (SSSR count). The van der Waals surface area contributed by atoms with Crippen LogP contribution in [0.1, 0.15) is 47.9 Å². The lowest BCUT2D eigenvalue weighted by Gasteiger charge is -2.36. The van der Waals surface area contributed by atoms with Gasteiger partial charge in [-0.2, -0.15) is 52.7 Å². The molecule has 26 heteroatoms. The summed E-state index contributed by atoms with van der Waals surface area (Å²) in [6, 6.07) is 7.80. The number of rotatable bonds is 14. The molecule has 1 saturated heterocycles. The number of carboxylic acids is 2. The topological polar surface area (TPSA) is 244 Å². The fraction of sp³-hybridized carbons (Fsp3) is 0.455. The van der Waals surface area contributed by atoms with Crippen LogP contribution in [-0.2, 0) is 39.6 Å². The minimum Gasteiger partial charge on any atom is -0.475 e. The highest BCUT2D eigenvalue weighted by molar-refractivity contribution is 6.07. The summed E-state index contributed by atoms with van der Waals surface area (Å²) in [7, 11) is 0. The highest BCUT2D eigenvalue weighted by atomic mass is 19.4. The molecule has 0 bridgehead atoms. The van der Waals surface area contributed by atoms with Crippen molar-refractivity contribution in [3.8, 4) is 0 Å². The molecule has 2 aromatic rings. The van der Waals surface area contributed by atoms with Crippen LogP contribution in [0.5, 0.6) is 0 Å².